The number of nitrogens with one attached hydrogen (secondary N) is 1. The molecule has 27 heavy (non-hydrogen) atoms. The summed E-state index contributed by atoms with van der Waals surface area (Å²) in [6.07, 6.45) is 1.53. The van der Waals surface area contributed by atoms with Crippen molar-refractivity contribution in [1.29, 1.82) is 0 Å². The number of hydrogen-bond acceptors (Lipinski definition) is 6. The topological polar surface area (TPSA) is 87.7 Å². The standard InChI is InChI=1S/C18H20ClN5O3/c1-12(25)23-7-9-24(10-8-23)17(26)15-5-6-20-18(22-15)21-13-3-4-16(27-2)14(19)11-13/h3-6,11H,7-10H2,1-2H3,(H,20,21,22). The first-order chi connectivity index (χ1) is 13.0. The summed E-state index contributed by atoms with van der Waals surface area (Å²) in [7, 11) is 1.54. The molecular weight excluding hydrogens is 370 g/mol. The van der Waals surface area contributed by atoms with E-state index in [1.165, 1.54) is 13.1 Å². The average Bonchev–Trinajstić information content (AvgIpc) is 2.68. The number of ether oxygens (including phenoxy) is 1. The van der Waals surface area contributed by atoms with Crippen LogP contribution in [0.3, 0.4) is 0 Å². The maximum Gasteiger partial charge on any atom is 0.272 e. The number of rotatable bonds is 4. The van der Waals surface area contributed by atoms with Crippen LogP contribution in [0.1, 0.15) is 17.4 Å². The van der Waals surface area contributed by atoms with Crippen LogP contribution in [0, 0.1) is 0 Å². The maximum absolute atomic E-state index is 12.7. The molecule has 3 rings (SSSR count). The molecule has 0 atom stereocenters. The Labute approximate surface area is 162 Å². The number of aromatic nitrogens is 2. The Morgan fingerprint density at radius 3 is 2.48 bits per heavy atom. The molecule has 142 valence electrons. The summed E-state index contributed by atoms with van der Waals surface area (Å²) in [6, 6.07) is 6.78. The fourth-order valence-electron chi connectivity index (χ4n) is 2.80. The van der Waals surface area contributed by atoms with Crippen molar-refractivity contribution in [1.82, 2.24) is 19.8 Å². The minimum absolute atomic E-state index is 0.0220. The molecule has 2 amide bonds. The normalized spacial score (nSPS) is 14.0. The van der Waals surface area contributed by atoms with Crippen LogP contribution in [0.4, 0.5) is 11.6 Å². The van der Waals surface area contributed by atoms with Crippen molar-refractivity contribution in [2.45, 2.75) is 6.92 Å². The van der Waals surface area contributed by atoms with Crippen molar-refractivity contribution in [2.24, 2.45) is 0 Å². The Kier molecular flexibility index (Phi) is 5.75. The average molecular weight is 390 g/mol. The number of benzene rings is 1. The molecule has 0 unspecified atom stereocenters. The van der Waals surface area contributed by atoms with Gasteiger partial charge in [-0.25, -0.2) is 9.97 Å². The number of anilines is 2. The van der Waals surface area contributed by atoms with Gasteiger partial charge in [-0.05, 0) is 24.3 Å². The molecule has 0 bridgehead atoms. The van der Waals surface area contributed by atoms with Gasteiger partial charge in [-0.3, -0.25) is 9.59 Å². The predicted octanol–water partition coefficient (Wildman–Crippen LogP) is 2.19. The summed E-state index contributed by atoms with van der Waals surface area (Å²) in [6.45, 7) is 3.56. The van der Waals surface area contributed by atoms with Crippen LogP contribution in [0.2, 0.25) is 5.02 Å². The molecule has 1 fully saturated rings. The zero-order valence-electron chi connectivity index (χ0n) is 15.1. The molecular formula is C18H20ClN5O3. The highest BCUT2D eigenvalue weighted by Gasteiger charge is 2.24. The molecule has 2 aromatic rings. The molecule has 0 saturated carbocycles. The highest BCUT2D eigenvalue weighted by atomic mass is 35.5. The van der Waals surface area contributed by atoms with Crippen LogP contribution in [0.15, 0.2) is 30.5 Å². The van der Waals surface area contributed by atoms with E-state index in [0.717, 1.165) is 0 Å². The minimum Gasteiger partial charge on any atom is -0.495 e. The molecule has 1 aliphatic heterocycles. The summed E-state index contributed by atoms with van der Waals surface area (Å²) in [5.74, 6) is 0.700. The number of carbonyl (C=O) groups excluding carboxylic acids is 2. The van der Waals surface area contributed by atoms with Gasteiger partial charge < -0.3 is 19.9 Å². The molecule has 1 aromatic heterocycles. The second-order valence-electron chi connectivity index (χ2n) is 6.04. The van der Waals surface area contributed by atoms with Gasteiger partial charge in [0.15, 0.2) is 0 Å². The van der Waals surface area contributed by atoms with E-state index in [1.807, 2.05) is 0 Å². The van der Waals surface area contributed by atoms with E-state index in [1.54, 1.807) is 41.2 Å². The largest absolute Gasteiger partial charge is 0.495 e. The lowest BCUT2D eigenvalue weighted by molar-refractivity contribution is -0.130. The van der Waals surface area contributed by atoms with Gasteiger partial charge in [0, 0.05) is 45.0 Å². The number of halogens is 1. The van der Waals surface area contributed by atoms with Gasteiger partial charge in [0.2, 0.25) is 11.9 Å². The van der Waals surface area contributed by atoms with Gasteiger partial charge in [-0.2, -0.15) is 0 Å². The van der Waals surface area contributed by atoms with E-state index in [4.69, 9.17) is 16.3 Å². The van der Waals surface area contributed by atoms with E-state index < -0.39 is 0 Å². The molecule has 2 heterocycles. The molecule has 9 heteroatoms. The first-order valence-electron chi connectivity index (χ1n) is 8.46. The zero-order chi connectivity index (χ0) is 19.4. The minimum atomic E-state index is -0.184. The molecule has 1 N–H and O–H groups in total. The summed E-state index contributed by atoms with van der Waals surface area (Å²) in [5.41, 5.74) is 0.976. The van der Waals surface area contributed by atoms with Crippen molar-refractivity contribution < 1.29 is 14.3 Å². The Hall–Kier alpha value is -2.87. The van der Waals surface area contributed by atoms with Crippen LogP contribution < -0.4 is 10.1 Å². The molecule has 1 aliphatic rings. The lowest BCUT2D eigenvalue weighted by Crippen LogP contribution is -2.50. The van der Waals surface area contributed by atoms with Crippen LogP contribution in [-0.4, -0.2) is 64.9 Å². The number of piperazine rings is 1. The summed E-state index contributed by atoms with van der Waals surface area (Å²) in [5, 5.41) is 3.49. The molecule has 1 aromatic carbocycles. The highest BCUT2D eigenvalue weighted by molar-refractivity contribution is 6.32. The molecule has 0 spiro atoms. The van der Waals surface area contributed by atoms with E-state index in [0.29, 0.717) is 54.3 Å². The van der Waals surface area contributed by atoms with Gasteiger partial charge >= 0.3 is 0 Å². The third-order valence-electron chi connectivity index (χ3n) is 4.29. The monoisotopic (exact) mass is 389 g/mol. The lowest BCUT2D eigenvalue weighted by atomic mass is 10.2. The lowest BCUT2D eigenvalue weighted by Gasteiger charge is -2.34. The quantitative estimate of drug-likeness (QED) is 0.862. The van der Waals surface area contributed by atoms with E-state index in [-0.39, 0.29) is 11.8 Å². The molecule has 0 aliphatic carbocycles. The predicted molar refractivity (Wildman–Crippen MR) is 101 cm³/mol. The third-order valence-corrected chi connectivity index (χ3v) is 4.59. The van der Waals surface area contributed by atoms with Crippen molar-refractivity contribution in [3.05, 3.63) is 41.2 Å². The van der Waals surface area contributed by atoms with Gasteiger partial charge in [0.05, 0.1) is 12.1 Å². The fraction of sp³-hybridized carbons (Fsp3) is 0.333. The van der Waals surface area contributed by atoms with Gasteiger partial charge in [0.1, 0.15) is 11.4 Å². The Morgan fingerprint density at radius 1 is 1.15 bits per heavy atom. The van der Waals surface area contributed by atoms with Gasteiger partial charge in [0.25, 0.3) is 5.91 Å². The van der Waals surface area contributed by atoms with Crippen LogP contribution in [0.25, 0.3) is 0 Å². The highest BCUT2D eigenvalue weighted by Crippen LogP contribution is 2.28. The molecule has 1 saturated heterocycles. The molecule has 8 nitrogen and oxygen atoms in total. The summed E-state index contributed by atoms with van der Waals surface area (Å²) in [4.78, 5) is 36.0. The fourth-order valence-corrected chi connectivity index (χ4v) is 3.06. The first-order valence-corrected chi connectivity index (χ1v) is 8.84. The van der Waals surface area contributed by atoms with E-state index in [9.17, 15) is 9.59 Å². The number of amides is 2. The second-order valence-corrected chi connectivity index (χ2v) is 6.45. The maximum atomic E-state index is 12.7. The number of carbonyl (C=O) groups is 2. The number of nitrogens with zero attached hydrogens (tertiary/aromatic N) is 4. The Morgan fingerprint density at radius 2 is 1.85 bits per heavy atom. The Bertz CT molecular complexity index is 853. The number of hydrogen-bond donors (Lipinski definition) is 1. The summed E-state index contributed by atoms with van der Waals surface area (Å²) >= 11 is 6.12. The number of methoxy groups -OCH3 is 1. The third kappa shape index (κ3) is 4.46. The second kappa shape index (κ2) is 8.22. The van der Waals surface area contributed by atoms with Gasteiger partial charge in [-0.1, -0.05) is 11.6 Å². The molecule has 0 radical (unpaired) electrons. The van der Waals surface area contributed by atoms with Crippen molar-refractivity contribution in [3.8, 4) is 5.75 Å². The first kappa shape index (κ1) is 18.9. The smallest absolute Gasteiger partial charge is 0.272 e. The van der Waals surface area contributed by atoms with Crippen molar-refractivity contribution in [3.63, 3.8) is 0 Å². The summed E-state index contributed by atoms with van der Waals surface area (Å²) < 4.78 is 5.12. The van der Waals surface area contributed by atoms with Crippen LogP contribution in [0.5, 0.6) is 5.75 Å². The van der Waals surface area contributed by atoms with Crippen LogP contribution >= 0.6 is 11.6 Å². The zero-order valence-corrected chi connectivity index (χ0v) is 15.9. The van der Waals surface area contributed by atoms with Gasteiger partial charge in [-0.15, -0.1) is 0 Å². The van der Waals surface area contributed by atoms with E-state index >= 15 is 0 Å². The van der Waals surface area contributed by atoms with Crippen molar-refractivity contribution in [2.75, 3.05) is 38.6 Å². The van der Waals surface area contributed by atoms with Crippen LogP contribution in [-0.2, 0) is 4.79 Å². The van der Waals surface area contributed by atoms with Crippen molar-refractivity contribution >= 4 is 35.1 Å². The Balaban J connectivity index is 1.69. The SMILES string of the molecule is COc1ccc(Nc2nccc(C(=O)N3CCN(C(C)=O)CC3)n2)cc1Cl. The van der Waals surface area contributed by atoms with E-state index in [2.05, 4.69) is 15.3 Å².